The highest BCUT2D eigenvalue weighted by Gasteiger charge is 2.12. The van der Waals surface area contributed by atoms with Gasteiger partial charge in [0, 0.05) is 6.54 Å². The average Bonchev–Trinajstić information content (AvgIpc) is 2.82. The molecule has 2 rings (SSSR count). The second-order valence-electron chi connectivity index (χ2n) is 4.06. The molecule has 0 unspecified atom stereocenters. The first-order valence-electron chi connectivity index (χ1n) is 5.78. The number of ether oxygens (including phenoxy) is 1. The predicted molar refractivity (Wildman–Crippen MR) is 64.2 cm³/mol. The lowest BCUT2D eigenvalue weighted by atomic mass is 10.3. The van der Waals surface area contributed by atoms with Gasteiger partial charge >= 0.3 is 0 Å². The Bertz CT molecular complexity index is 389. The highest BCUT2D eigenvalue weighted by Crippen LogP contribution is 2.12. The van der Waals surface area contributed by atoms with Gasteiger partial charge < -0.3 is 10.5 Å². The normalized spacial score (nSPS) is 16.0. The second-order valence-corrected chi connectivity index (χ2v) is 4.06. The van der Waals surface area contributed by atoms with Crippen molar-refractivity contribution >= 4 is 5.84 Å². The van der Waals surface area contributed by atoms with E-state index in [0.717, 1.165) is 19.6 Å². The second kappa shape index (κ2) is 5.58. The van der Waals surface area contributed by atoms with Gasteiger partial charge in [0.25, 0.3) is 0 Å². The van der Waals surface area contributed by atoms with Gasteiger partial charge in [-0.05, 0) is 32.0 Å². The minimum absolute atomic E-state index is 0.0453. The van der Waals surface area contributed by atoms with Crippen molar-refractivity contribution in [1.29, 1.82) is 5.41 Å². The average molecular weight is 235 g/mol. The minimum Gasteiger partial charge on any atom is -0.475 e. The van der Waals surface area contributed by atoms with Crippen molar-refractivity contribution in [2.45, 2.75) is 12.8 Å². The Hall–Kier alpha value is -1.69. The first-order valence-corrected chi connectivity index (χ1v) is 5.78. The molecule has 0 spiro atoms. The molecule has 1 aliphatic rings. The Labute approximate surface area is 100 Å². The molecule has 0 aliphatic carbocycles. The van der Waals surface area contributed by atoms with Gasteiger partial charge in [-0.25, -0.2) is 0 Å². The van der Waals surface area contributed by atoms with Crippen LogP contribution in [0.25, 0.3) is 0 Å². The number of hydrogen-bond donors (Lipinski definition) is 2. The van der Waals surface area contributed by atoms with Crippen LogP contribution < -0.4 is 10.5 Å². The fraction of sp³-hybridized carbons (Fsp3) is 0.545. The zero-order chi connectivity index (χ0) is 12.1. The van der Waals surface area contributed by atoms with E-state index in [0.29, 0.717) is 18.1 Å². The molecule has 1 aromatic rings. The van der Waals surface area contributed by atoms with Gasteiger partial charge in [0.05, 0.1) is 11.8 Å². The smallest absolute Gasteiger partial charge is 0.244 e. The third kappa shape index (κ3) is 3.13. The standard InChI is InChI=1S/C11H17N5O/c12-10(13)9-3-4-14-15-11(9)17-8-7-16-5-1-2-6-16/h3-4H,1-2,5-8H2,(H3,12,13). The van der Waals surface area contributed by atoms with E-state index in [1.54, 1.807) is 6.07 Å². The molecule has 0 atom stereocenters. The molecular weight excluding hydrogens is 218 g/mol. The van der Waals surface area contributed by atoms with E-state index in [2.05, 4.69) is 15.1 Å². The summed E-state index contributed by atoms with van der Waals surface area (Å²) in [6.45, 7) is 3.72. The summed E-state index contributed by atoms with van der Waals surface area (Å²) in [5.74, 6) is 0.301. The fourth-order valence-corrected chi connectivity index (χ4v) is 1.91. The van der Waals surface area contributed by atoms with Crippen molar-refractivity contribution < 1.29 is 4.74 Å². The molecule has 17 heavy (non-hydrogen) atoms. The van der Waals surface area contributed by atoms with Crippen molar-refractivity contribution in [3.05, 3.63) is 17.8 Å². The predicted octanol–water partition coefficient (Wildman–Crippen LogP) is 0.235. The molecule has 6 heteroatoms. The molecule has 0 bridgehead atoms. The third-order valence-electron chi connectivity index (χ3n) is 2.82. The molecule has 1 fully saturated rings. The Kier molecular flexibility index (Phi) is 3.87. The van der Waals surface area contributed by atoms with Crippen LogP contribution in [0.2, 0.25) is 0 Å². The van der Waals surface area contributed by atoms with Crippen molar-refractivity contribution in [3.63, 3.8) is 0 Å². The number of nitrogens with two attached hydrogens (primary N) is 1. The maximum absolute atomic E-state index is 7.40. The molecule has 0 radical (unpaired) electrons. The van der Waals surface area contributed by atoms with Gasteiger partial charge in [-0.1, -0.05) is 0 Å². The number of hydrogen-bond acceptors (Lipinski definition) is 5. The molecule has 92 valence electrons. The van der Waals surface area contributed by atoms with Crippen LogP contribution >= 0.6 is 0 Å². The highest BCUT2D eigenvalue weighted by molar-refractivity contribution is 5.96. The van der Waals surface area contributed by atoms with E-state index in [1.165, 1.54) is 19.0 Å². The Morgan fingerprint density at radius 1 is 1.47 bits per heavy atom. The molecule has 1 aliphatic heterocycles. The third-order valence-corrected chi connectivity index (χ3v) is 2.82. The number of aromatic nitrogens is 2. The van der Waals surface area contributed by atoms with E-state index in [-0.39, 0.29) is 5.84 Å². The molecule has 3 N–H and O–H groups in total. The number of nitrogens with zero attached hydrogens (tertiary/aromatic N) is 3. The van der Waals surface area contributed by atoms with Gasteiger partial charge in [-0.15, -0.1) is 5.10 Å². The van der Waals surface area contributed by atoms with Crippen molar-refractivity contribution in [2.24, 2.45) is 5.73 Å². The molecular formula is C11H17N5O. The number of nitrogen functional groups attached to an aromatic ring is 1. The van der Waals surface area contributed by atoms with Gasteiger partial charge in [0.1, 0.15) is 12.4 Å². The zero-order valence-corrected chi connectivity index (χ0v) is 9.72. The Balaban J connectivity index is 1.87. The van der Waals surface area contributed by atoms with Crippen molar-refractivity contribution in [2.75, 3.05) is 26.2 Å². The number of likely N-dealkylation sites (tertiary alicyclic amines) is 1. The summed E-state index contributed by atoms with van der Waals surface area (Å²) in [6, 6.07) is 1.64. The summed E-state index contributed by atoms with van der Waals surface area (Å²) in [4.78, 5) is 2.35. The summed E-state index contributed by atoms with van der Waals surface area (Å²) >= 11 is 0. The highest BCUT2D eigenvalue weighted by atomic mass is 16.5. The lowest BCUT2D eigenvalue weighted by molar-refractivity contribution is 0.230. The molecule has 2 heterocycles. The number of nitrogens with one attached hydrogen (secondary N) is 1. The van der Waals surface area contributed by atoms with Gasteiger partial charge in [-0.2, -0.15) is 5.10 Å². The topological polar surface area (TPSA) is 88.1 Å². The lowest BCUT2D eigenvalue weighted by Gasteiger charge is -2.15. The molecule has 6 nitrogen and oxygen atoms in total. The van der Waals surface area contributed by atoms with Crippen LogP contribution in [0.3, 0.4) is 0 Å². The summed E-state index contributed by atoms with van der Waals surface area (Å²) in [5, 5.41) is 15.0. The van der Waals surface area contributed by atoms with Crippen LogP contribution in [0.15, 0.2) is 12.3 Å². The quantitative estimate of drug-likeness (QED) is 0.563. The number of rotatable bonds is 5. The van der Waals surface area contributed by atoms with E-state index in [9.17, 15) is 0 Å². The fourth-order valence-electron chi connectivity index (χ4n) is 1.91. The van der Waals surface area contributed by atoms with Gasteiger partial charge in [-0.3, -0.25) is 10.3 Å². The van der Waals surface area contributed by atoms with Crippen molar-refractivity contribution in [1.82, 2.24) is 15.1 Å². The lowest BCUT2D eigenvalue weighted by Crippen LogP contribution is -2.26. The maximum atomic E-state index is 7.40. The van der Waals surface area contributed by atoms with Gasteiger partial charge in [0.2, 0.25) is 5.88 Å². The Morgan fingerprint density at radius 3 is 2.94 bits per heavy atom. The summed E-state index contributed by atoms with van der Waals surface area (Å²) < 4.78 is 5.52. The summed E-state index contributed by atoms with van der Waals surface area (Å²) in [7, 11) is 0. The van der Waals surface area contributed by atoms with E-state index < -0.39 is 0 Å². The van der Waals surface area contributed by atoms with Crippen LogP contribution in [-0.2, 0) is 0 Å². The first-order chi connectivity index (χ1) is 8.27. The van der Waals surface area contributed by atoms with Crippen molar-refractivity contribution in [3.8, 4) is 5.88 Å². The minimum atomic E-state index is -0.0453. The van der Waals surface area contributed by atoms with Gasteiger partial charge in [0.15, 0.2) is 0 Å². The summed E-state index contributed by atoms with van der Waals surface area (Å²) in [5.41, 5.74) is 5.93. The van der Waals surface area contributed by atoms with Crippen LogP contribution in [0.5, 0.6) is 5.88 Å². The van der Waals surface area contributed by atoms with E-state index >= 15 is 0 Å². The van der Waals surface area contributed by atoms with E-state index in [1.807, 2.05) is 0 Å². The largest absolute Gasteiger partial charge is 0.475 e. The maximum Gasteiger partial charge on any atom is 0.244 e. The van der Waals surface area contributed by atoms with Crippen LogP contribution in [-0.4, -0.2) is 47.2 Å². The van der Waals surface area contributed by atoms with Crippen LogP contribution in [0, 0.1) is 5.41 Å². The van der Waals surface area contributed by atoms with E-state index in [4.69, 9.17) is 15.9 Å². The molecule has 0 saturated carbocycles. The SMILES string of the molecule is N=C(N)c1ccnnc1OCCN1CCCC1. The first kappa shape index (κ1) is 11.8. The Morgan fingerprint density at radius 2 is 2.24 bits per heavy atom. The number of amidine groups is 1. The molecule has 0 aromatic carbocycles. The molecule has 1 aromatic heterocycles. The zero-order valence-electron chi connectivity index (χ0n) is 9.72. The summed E-state index contributed by atoms with van der Waals surface area (Å²) in [6.07, 6.45) is 4.04. The van der Waals surface area contributed by atoms with Crippen LogP contribution in [0.1, 0.15) is 18.4 Å². The monoisotopic (exact) mass is 235 g/mol. The molecule has 1 saturated heterocycles. The van der Waals surface area contributed by atoms with Crippen LogP contribution in [0.4, 0.5) is 0 Å². The molecule has 0 amide bonds.